The van der Waals surface area contributed by atoms with Gasteiger partial charge in [0.25, 0.3) is 5.91 Å². The molecule has 0 radical (unpaired) electrons. The zero-order valence-corrected chi connectivity index (χ0v) is 25.0. The second-order valence-electron chi connectivity index (χ2n) is 11.6. The normalized spacial score (nSPS) is 25.9. The van der Waals surface area contributed by atoms with Crippen molar-refractivity contribution in [1.29, 1.82) is 0 Å². The molecular weight excluding hydrogens is 558 g/mol. The van der Waals surface area contributed by atoms with E-state index >= 15 is 0 Å². The highest BCUT2D eigenvalue weighted by molar-refractivity contribution is 8.00. The number of hydrogen-bond acceptors (Lipinski definition) is 8. The Balaban J connectivity index is 1.29. The van der Waals surface area contributed by atoms with Crippen LogP contribution in [0.4, 0.5) is 4.79 Å². The van der Waals surface area contributed by atoms with Gasteiger partial charge in [0.1, 0.15) is 12.1 Å². The zero-order valence-electron chi connectivity index (χ0n) is 24.2. The van der Waals surface area contributed by atoms with Gasteiger partial charge in [-0.05, 0) is 50.3 Å². The molecule has 3 saturated heterocycles. The average molecular weight is 598 g/mol. The second kappa shape index (κ2) is 13.0. The first kappa shape index (κ1) is 30.3. The summed E-state index contributed by atoms with van der Waals surface area (Å²) in [6.07, 6.45) is -2.28. The number of nitrogens with one attached hydrogen (secondary N) is 2. The maximum atomic E-state index is 13.8. The van der Waals surface area contributed by atoms with E-state index in [9.17, 15) is 19.5 Å². The summed E-state index contributed by atoms with van der Waals surface area (Å²) in [5, 5.41) is 17.1. The molecule has 3 amide bonds. The minimum absolute atomic E-state index is 0.0438. The standard InChI is InChI=1S/C31H39N3O7S/c1-19-9-7-8-12-21(19)16-32-27(36)26-31(2,3)42-18-34(26)28(37)25(35)23(15-20-10-5-4-6-11-20)33-30(38)41-24-17-40-29-22(24)13-14-39-29/h4-12,22-26,29,35H,13-18H2,1-3H3,(H,32,36)(H,33,38)/t22-,23+,24-,25+,26-,29+/m1/s1. The lowest BCUT2D eigenvalue weighted by Crippen LogP contribution is -2.58. The van der Waals surface area contributed by atoms with E-state index in [-0.39, 0.29) is 37.0 Å². The predicted octanol–water partition coefficient (Wildman–Crippen LogP) is 2.75. The van der Waals surface area contributed by atoms with Crippen LogP contribution in [0, 0.1) is 12.8 Å². The van der Waals surface area contributed by atoms with E-state index in [0.29, 0.717) is 13.2 Å². The van der Waals surface area contributed by atoms with Crippen LogP contribution in [-0.4, -0.2) is 82.3 Å². The fourth-order valence-electron chi connectivity index (χ4n) is 5.82. The molecule has 3 fully saturated rings. The third-order valence-electron chi connectivity index (χ3n) is 8.27. The van der Waals surface area contributed by atoms with Crippen LogP contribution in [0.15, 0.2) is 54.6 Å². The third-order valence-corrected chi connectivity index (χ3v) is 9.65. The number of aliphatic hydroxyl groups is 1. The van der Waals surface area contributed by atoms with Crippen molar-refractivity contribution in [2.75, 3.05) is 19.1 Å². The summed E-state index contributed by atoms with van der Waals surface area (Å²) in [4.78, 5) is 41.8. The van der Waals surface area contributed by atoms with Gasteiger partial charge in [0.15, 0.2) is 12.4 Å². The largest absolute Gasteiger partial charge is 0.443 e. The number of nitrogens with zero attached hydrogens (tertiary/aromatic N) is 1. The molecule has 0 bridgehead atoms. The van der Waals surface area contributed by atoms with Crippen LogP contribution in [0.1, 0.15) is 37.0 Å². The lowest BCUT2D eigenvalue weighted by molar-refractivity contribution is -0.147. The van der Waals surface area contributed by atoms with Crippen LogP contribution in [0.25, 0.3) is 0 Å². The summed E-state index contributed by atoms with van der Waals surface area (Å²) in [5.41, 5.74) is 2.87. The molecule has 3 aliphatic heterocycles. The molecule has 0 spiro atoms. The van der Waals surface area contributed by atoms with E-state index in [0.717, 1.165) is 23.1 Å². The summed E-state index contributed by atoms with van der Waals surface area (Å²) < 4.78 is 16.2. The predicted molar refractivity (Wildman–Crippen MR) is 157 cm³/mol. The van der Waals surface area contributed by atoms with Crippen molar-refractivity contribution in [3.05, 3.63) is 71.3 Å². The molecule has 3 aliphatic rings. The molecule has 2 aromatic carbocycles. The highest BCUT2D eigenvalue weighted by Crippen LogP contribution is 2.40. The summed E-state index contributed by atoms with van der Waals surface area (Å²) in [6.45, 7) is 6.91. The summed E-state index contributed by atoms with van der Waals surface area (Å²) in [7, 11) is 0. The number of alkyl carbamates (subject to hydrolysis) is 1. The SMILES string of the molecule is Cc1ccccc1CNC(=O)[C@H]1N(C(=O)[C@@H](O)[C@H](Cc2ccccc2)NC(=O)O[C@@H]2CO[C@@H]3OCC[C@@H]32)CSC1(C)C. The first-order valence-electron chi connectivity index (χ1n) is 14.3. The van der Waals surface area contributed by atoms with Crippen LogP contribution in [-0.2, 0) is 36.8 Å². The van der Waals surface area contributed by atoms with Gasteiger partial charge in [0.05, 0.1) is 31.1 Å². The van der Waals surface area contributed by atoms with Crippen molar-refractivity contribution >= 4 is 29.7 Å². The van der Waals surface area contributed by atoms with Crippen LogP contribution in [0.3, 0.4) is 0 Å². The number of fused-ring (bicyclic) bond motifs is 1. The maximum Gasteiger partial charge on any atom is 0.407 e. The second-order valence-corrected chi connectivity index (χ2v) is 13.2. The minimum atomic E-state index is -1.61. The van der Waals surface area contributed by atoms with Crippen molar-refractivity contribution in [3.8, 4) is 0 Å². The van der Waals surface area contributed by atoms with Gasteiger partial charge in [-0.3, -0.25) is 9.59 Å². The Labute approximate surface area is 250 Å². The Morgan fingerprint density at radius 2 is 1.86 bits per heavy atom. The topological polar surface area (TPSA) is 126 Å². The fraction of sp³-hybridized carbons (Fsp3) is 0.516. The Bertz CT molecular complexity index is 1280. The van der Waals surface area contributed by atoms with Crippen molar-refractivity contribution in [2.45, 2.75) is 75.5 Å². The van der Waals surface area contributed by atoms with Gasteiger partial charge in [-0.25, -0.2) is 4.79 Å². The molecule has 0 saturated carbocycles. The highest BCUT2D eigenvalue weighted by atomic mass is 32.2. The molecule has 0 unspecified atom stereocenters. The number of thioether (sulfide) groups is 1. The highest BCUT2D eigenvalue weighted by Gasteiger charge is 2.50. The maximum absolute atomic E-state index is 13.8. The number of aliphatic hydroxyl groups excluding tert-OH is 1. The molecule has 226 valence electrons. The molecular formula is C31H39N3O7S. The van der Waals surface area contributed by atoms with Crippen molar-refractivity contribution in [2.24, 2.45) is 5.92 Å². The Morgan fingerprint density at radius 1 is 1.12 bits per heavy atom. The number of amides is 3. The van der Waals surface area contributed by atoms with Crippen molar-refractivity contribution in [3.63, 3.8) is 0 Å². The summed E-state index contributed by atoms with van der Waals surface area (Å²) >= 11 is 1.47. The quantitative estimate of drug-likeness (QED) is 0.403. The Hall–Kier alpha value is -3.12. The van der Waals surface area contributed by atoms with E-state index in [1.165, 1.54) is 16.7 Å². The van der Waals surface area contributed by atoms with E-state index in [1.54, 1.807) is 0 Å². The third kappa shape index (κ3) is 6.75. The van der Waals surface area contributed by atoms with Crippen LogP contribution < -0.4 is 10.6 Å². The van der Waals surface area contributed by atoms with E-state index in [2.05, 4.69) is 10.6 Å². The smallest absolute Gasteiger partial charge is 0.407 e. The average Bonchev–Trinajstić information content (AvgIpc) is 3.67. The molecule has 42 heavy (non-hydrogen) atoms. The number of benzene rings is 2. The van der Waals surface area contributed by atoms with Crippen LogP contribution in [0.5, 0.6) is 0 Å². The molecule has 3 N–H and O–H groups in total. The van der Waals surface area contributed by atoms with Gasteiger partial charge in [-0.1, -0.05) is 54.6 Å². The monoisotopic (exact) mass is 597 g/mol. The molecule has 3 heterocycles. The first-order chi connectivity index (χ1) is 20.1. The number of carbonyl (C=O) groups excluding carboxylic acids is 3. The number of hydrogen-bond donors (Lipinski definition) is 3. The van der Waals surface area contributed by atoms with E-state index < -0.39 is 41.0 Å². The van der Waals surface area contributed by atoms with Gasteiger partial charge in [0.2, 0.25) is 5.91 Å². The molecule has 6 atom stereocenters. The van der Waals surface area contributed by atoms with Crippen molar-refractivity contribution < 1.29 is 33.7 Å². The first-order valence-corrected chi connectivity index (χ1v) is 15.3. The summed E-state index contributed by atoms with van der Waals surface area (Å²) in [5.74, 6) is -0.733. The molecule has 5 rings (SSSR count). The fourth-order valence-corrected chi connectivity index (χ4v) is 6.96. The Kier molecular flexibility index (Phi) is 9.41. The van der Waals surface area contributed by atoms with Gasteiger partial charge in [-0.15, -0.1) is 11.8 Å². The van der Waals surface area contributed by atoms with E-state index in [4.69, 9.17) is 14.2 Å². The zero-order chi connectivity index (χ0) is 29.9. The van der Waals surface area contributed by atoms with Gasteiger partial charge < -0.3 is 34.9 Å². The molecule has 0 aliphatic carbocycles. The van der Waals surface area contributed by atoms with Crippen molar-refractivity contribution in [1.82, 2.24) is 15.5 Å². The number of aryl methyl sites for hydroxylation is 1. The minimum Gasteiger partial charge on any atom is -0.443 e. The molecule has 11 heteroatoms. The lowest BCUT2D eigenvalue weighted by Gasteiger charge is -2.33. The van der Waals surface area contributed by atoms with Gasteiger partial charge >= 0.3 is 6.09 Å². The number of carbonyl (C=O) groups is 3. The molecule has 2 aromatic rings. The number of rotatable bonds is 9. The van der Waals surface area contributed by atoms with Gasteiger partial charge in [-0.2, -0.15) is 0 Å². The van der Waals surface area contributed by atoms with Crippen LogP contribution >= 0.6 is 11.8 Å². The van der Waals surface area contributed by atoms with E-state index in [1.807, 2.05) is 75.4 Å². The summed E-state index contributed by atoms with van der Waals surface area (Å²) in [6, 6.07) is 15.3. The Morgan fingerprint density at radius 3 is 2.62 bits per heavy atom. The van der Waals surface area contributed by atoms with Gasteiger partial charge in [0, 0.05) is 11.3 Å². The molecule has 10 nitrogen and oxygen atoms in total. The number of ether oxygens (including phenoxy) is 3. The lowest BCUT2D eigenvalue weighted by atomic mass is 9.97. The van der Waals surface area contributed by atoms with Crippen LogP contribution in [0.2, 0.25) is 0 Å². The molecule has 0 aromatic heterocycles.